The molecule has 3 aromatic rings. The van der Waals surface area contributed by atoms with Gasteiger partial charge in [0.25, 0.3) is 0 Å². The van der Waals surface area contributed by atoms with Crippen LogP contribution < -0.4 is 11.1 Å². The summed E-state index contributed by atoms with van der Waals surface area (Å²) < 4.78 is 1.88. The number of hydrogen-bond acceptors (Lipinski definition) is 3. The van der Waals surface area contributed by atoms with Gasteiger partial charge in [-0.1, -0.05) is 54.6 Å². The van der Waals surface area contributed by atoms with E-state index < -0.39 is 6.04 Å². The van der Waals surface area contributed by atoms with Crippen molar-refractivity contribution >= 4 is 5.91 Å². The van der Waals surface area contributed by atoms with Crippen LogP contribution in [0.5, 0.6) is 0 Å². The van der Waals surface area contributed by atoms with E-state index in [2.05, 4.69) is 22.5 Å². The Morgan fingerprint density at radius 3 is 2.42 bits per heavy atom. The molecule has 5 nitrogen and oxygen atoms in total. The van der Waals surface area contributed by atoms with Crippen LogP contribution >= 0.6 is 0 Å². The summed E-state index contributed by atoms with van der Waals surface area (Å²) in [7, 11) is 0. The second-order valence-electron chi connectivity index (χ2n) is 5.60. The minimum atomic E-state index is -0.510. The number of primary amides is 1. The fourth-order valence-corrected chi connectivity index (χ4v) is 2.69. The summed E-state index contributed by atoms with van der Waals surface area (Å²) in [5.41, 5.74) is 8.71. The van der Waals surface area contributed by atoms with Gasteiger partial charge >= 0.3 is 0 Å². The highest BCUT2D eigenvalue weighted by Gasteiger charge is 2.17. The molecule has 1 amide bonds. The molecular formula is C19H20N4O. The van der Waals surface area contributed by atoms with Gasteiger partial charge in [-0.2, -0.15) is 5.10 Å². The summed E-state index contributed by atoms with van der Waals surface area (Å²) in [6.07, 6.45) is 3.69. The molecule has 3 rings (SSSR count). The Labute approximate surface area is 141 Å². The van der Waals surface area contributed by atoms with Crippen molar-refractivity contribution in [3.8, 4) is 0 Å². The van der Waals surface area contributed by atoms with Crippen molar-refractivity contribution in [2.75, 3.05) is 0 Å². The number of nitrogens with two attached hydrogens (primary N) is 1. The number of carbonyl (C=O) groups is 1. The highest BCUT2D eigenvalue weighted by Crippen LogP contribution is 2.15. The van der Waals surface area contributed by atoms with Gasteiger partial charge in [0.2, 0.25) is 5.91 Å². The first-order valence-electron chi connectivity index (χ1n) is 7.86. The lowest BCUT2D eigenvalue weighted by molar-refractivity contribution is -0.120. The molecule has 0 bridgehead atoms. The van der Waals surface area contributed by atoms with Crippen LogP contribution in [0.2, 0.25) is 0 Å². The molecule has 122 valence electrons. The zero-order chi connectivity index (χ0) is 16.8. The first-order valence-corrected chi connectivity index (χ1v) is 7.86. The highest BCUT2D eigenvalue weighted by atomic mass is 16.1. The van der Waals surface area contributed by atoms with E-state index in [1.54, 1.807) is 6.20 Å². The number of aromatic nitrogens is 2. The summed E-state index contributed by atoms with van der Waals surface area (Å²) in [5.74, 6) is -0.384. The van der Waals surface area contributed by atoms with Crippen molar-refractivity contribution in [2.24, 2.45) is 5.73 Å². The number of amides is 1. The Morgan fingerprint density at radius 2 is 1.75 bits per heavy atom. The van der Waals surface area contributed by atoms with Crippen molar-refractivity contribution in [1.82, 2.24) is 15.1 Å². The zero-order valence-corrected chi connectivity index (χ0v) is 13.3. The van der Waals surface area contributed by atoms with Crippen LogP contribution in [-0.4, -0.2) is 15.7 Å². The lowest BCUT2D eigenvalue weighted by atomic mass is 10.0. The van der Waals surface area contributed by atoms with E-state index in [-0.39, 0.29) is 5.91 Å². The van der Waals surface area contributed by atoms with Crippen LogP contribution in [-0.2, 0) is 17.9 Å². The normalized spacial score (nSPS) is 12.0. The Hall–Kier alpha value is -2.92. The van der Waals surface area contributed by atoms with E-state index in [1.165, 1.54) is 0 Å². The summed E-state index contributed by atoms with van der Waals surface area (Å²) in [6.45, 7) is 1.25. The van der Waals surface area contributed by atoms with Crippen LogP contribution in [0.4, 0.5) is 0 Å². The largest absolute Gasteiger partial charge is 0.368 e. The molecule has 0 spiro atoms. The molecule has 0 aliphatic carbocycles. The molecule has 3 N–H and O–H groups in total. The van der Waals surface area contributed by atoms with E-state index in [0.29, 0.717) is 13.1 Å². The summed E-state index contributed by atoms with van der Waals surface area (Å²) in [4.78, 5) is 11.8. The van der Waals surface area contributed by atoms with Crippen molar-refractivity contribution in [1.29, 1.82) is 0 Å². The highest BCUT2D eigenvalue weighted by molar-refractivity contribution is 5.81. The predicted octanol–water partition coefficient (Wildman–Crippen LogP) is 2.25. The minimum Gasteiger partial charge on any atom is -0.368 e. The average Bonchev–Trinajstić information content (AvgIpc) is 3.10. The molecular weight excluding hydrogens is 300 g/mol. The van der Waals surface area contributed by atoms with Crippen LogP contribution in [0.15, 0.2) is 73.1 Å². The van der Waals surface area contributed by atoms with E-state index in [4.69, 9.17) is 5.73 Å². The van der Waals surface area contributed by atoms with Crippen molar-refractivity contribution in [3.05, 3.63) is 89.7 Å². The third-order valence-electron chi connectivity index (χ3n) is 3.92. The molecule has 0 aliphatic heterocycles. The van der Waals surface area contributed by atoms with E-state index >= 15 is 0 Å². The number of nitrogens with zero attached hydrogens (tertiary/aromatic N) is 2. The molecule has 24 heavy (non-hydrogen) atoms. The SMILES string of the molecule is NC(=O)C(NCc1ccccc1Cn1cccn1)c1ccccc1. The third kappa shape index (κ3) is 3.88. The lowest BCUT2D eigenvalue weighted by Crippen LogP contribution is -2.33. The van der Waals surface area contributed by atoms with E-state index in [1.807, 2.05) is 59.4 Å². The van der Waals surface area contributed by atoms with Crippen LogP contribution in [0.1, 0.15) is 22.7 Å². The van der Waals surface area contributed by atoms with Crippen LogP contribution in [0.25, 0.3) is 0 Å². The molecule has 0 aliphatic rings. The number of carbonyl (C=O) groups excluding carboxylic acids is 1. The Balaban J connectivity index is 1.75. The van der Waals surface area contributed by atoms with Crippen molar-refractivity contribution in [2.45, 2.75) is 19.1 Å². The Bertz CT molecular complexity index is 784. The molecule has 0 radical (unpaired) electrons. The fourth-order valence-electron chi connectivity index (χ4n) is 2.69. The van der Waals surface area contributed by atoms with Gasteiger partial charge < -0.3 is 5.73 Å². The summed E-state index contributed by atoms with van der Waals surface area (Å²) in [5, 5.41) is 7.51. The summed E-state index contributed by atoms with van der Waals surface area (Å²) >= 11 is 0. The molecule has 0 saturated heterocycles. The van der Waals surface area contributed by atoms with Gasteiger partial charge in [-0.25, -0.2) is 0 Å². The molecule has 1 heterocycles. The quantitative estimate of drug-likeness (QED) is 0.701. The Kier molecular flexibility index (Phi) is 5.03. The van der Waals surface area contributed by atoms with Gasteiger partial charge in [0.05, 0.1) is 6.54 Å². The van der Waals surface area contributed by atoms with Gasteiger partial charge in [0, 0.05) is 18.9 Å². The summed E-state index contributed by atoms with van der Waals surface area (Å²) in [6, 6.07) is 19.0. The van der Waals surface area contributed by atoms with Crippen molar-refractivity contribution < 1.29 is 4.79 Å². The van der Waals surface area contributed by atoms with Crippen molar-refractivity contribution in [3.63, 3.8) is 0 Å². The standard InChI is InChI=1S/C19H20N4O/c20-19(24)18(15-7-2-1-3-8-15)21-13-16-9-4-5-10-17(16)14-23-12-6-11-22-23/h1-12,18,21H,13-14H2,(H2,20,24). The van der Waals surface area contributed by atoms with Gasteiger partial charge in [0.15, 0.2) is 0 Å². The first-order chi connectivity index (χ1) is 11.7. The molecule has 0 saturated carbocycles. The maximum Gasteiger partial charge on any atom is 0.239 e. The van der Waals surface area contributed by atoms with Gasteiger partial charge in [0.1, 0.15) is 6.04 Å². The molecule has 2 aromatic carbocycles. The fraction of sp³-hybridized carbons (Fsp3) is 0.158. The predicted molar refractivity (Wildman–Crippen MR) is 93.0 cm³/mol. The Morgan fingerprint density at radius 1 is 1.04 bits per heavy atom. The molecule has 1 aromatic heterocycles. The maximum atomic E-state index is 11.8. The third-order valence-corrected chi connectivity index (χ3v) is 3.92. The second-order valence-corrected chi connectivity index (χ2v) is 5.60. The number of rotatable bonds is 7. The zero-order valence-electron chi connectivity index (χ0n) is 13.3. The lowest BCUT2D eigenvalue weighted by Gasteiger charge is -2.17. The van der Waals surface area contributed by atoms with Crippen LogP contribution in [0.3, 0.4) is 0 Å². The smallest absolute Gasteiger partial charge is 0.239 e. The van der Waals surface area contributed by atoms with Gasteiger partial charge in [-0.05, 0) is 22.8 Å². The first kappa shape index (κ1) is 16.0. The molecule has 0 fully saturated rings. The van der Waals surface area contributed by atoms with Gasteiger partial charge in [-0.3, -0.25) is 14.8 Å². The average molecular weight is 320 g/mol. The maximum absolute atomic E-state index is 11.8. The van der Waals surface area contributed by atoms with Gasteiger partial charge in [-0.15, -0.1) is 0 Å². The number of benzene rings is 2. The molecule has 5 heteroatoms. The molecule has 1 atom stereocenters. The van der Waals surface area contributed by atoms with E-state index in [9.17, 15) is 4.79 Å². The van der Waals surface area contributed by atoms with Crippen LogP contribution in [0, 0.1) is 0 Å². The monoisotopic (exact) mass is 320 g/mol. The van der Waals surface area contributed by atoms with E-state index in [0.717, 1.165) is 16.7 Å². The topological polar surface area (TPSA) is 72.9 Å². The minimum absolute atomic E-state index is 0.384. The number of hydrogen-bond donors (Lipinski definition) is 2. The molecule has 1 unspecified atom stereocenters. The number of nitrogens with one attached hydrogen (secondary N) is 1. The second kappa shape index (κ2) is 7.57.